The molecule has 1 amide bonds. The van der Waals surface area contributed by atoms with Gasteiger partial charge in [0.2, 0.25) is 5.91 Å². The molecule has 1 saturated carbocycles. The fraction of sp³-hybridized carbons (Fsp3) is 0.533. The SMILES string of the molecule is CCOc1ccc(NC(=O)C2CC2(C)C)cc1CCl. The molecule has 1 atom stereocenters. The minimum atomic E-state index is 0.0923. The van der Waals surface area contributed by atoms with Gasteiger partial charge in [-0.15, -0.1) is 11.6 Å². The minimum Gasteiger partial charge on any atom is -0.494 e. The number of nitrogens with one attached hydrogen (secondary N) is 1. The molecule has 0 saturated heterocycles. The molecule has 0 heterocycles. The summed E-state index contributed by atoms with van der Waals surface area (Å²) in [4.78, 5) is 12.0. The van der Waals surface area contributed by atoms with E-state index in [0.29, 0.717) is 12.5 Å². The normalized spacial score (nSPS) is 19.9. The summed E-state index contributed by atoms with van der Waals surface area (Å²) in [6.45, 7) is 6.76. The number of anilines is 1. The van der Waals surface area contributed by atoms with Gasteiger partial charge >= 0.3 is 0 Å². The minimum absolute atomic E-state index is 0.0923. The molecule has 0 spiro atoms. The van der Waals surface area contributed by atoms with Crippen molar-refractivity contribution >= 4 is 23.2 Å². The monoisotopic (exact) mass is 281 g/mol. The zero-order chi connectivity index (χ0) is 14.0. The van der Waals surface area contributed by atoms with Gasteiger partial charge in [0, 0.05) is 17.2 Å². The Hall–Kier alpha value is -1.22. The molecule has 0 radical (unpaired) electrons. The Morgan fingerprint density at radius 2 is 2.21 bits per heavy atom. The molecule has 1 aliphatic rings. The molecular formula is C15H20ClNO2. The maximum atomic E-state index is 12.0. The van der Waals surface area contributed by atoms with Crippen LogP contribution in [0.2, 0.25) is 0 Å². The fourth-order valence-electron chi connectivity index (χ4n) is 2.20. The Kier molecular flexibility index (Phi) is 4.04. The van der Waals surface area contributed by atoms with Crippen LogP contribution in [0.5, 0.6) is 5.75 Å². The van der Waals surface area contributed by atoms with E-state index in [1.54, 1.807) is 0 Å². The van der Waals surface area contributed by atoms with Crippen molar-refractivity contribution in [2.75, 3.05) is 11.9 Å². The maximum absolute atomic E-state index is 12.0. The van der Waals surface area contributed by atoms with Crippen LogP contribution in [0.3, 0.4) is 0 Å². The van der Waals surface area contributed by atoms with Gasteiger partial charge in [0.05, 0.1) is 12.5 Å². The van der Waals surface area contributed by atoms with E-state index in [9.17, 15) is 4.79 Å². The number of carbonyl (C=O) groups excluding carboxylic acids is 1. The molecule has 1 unspecified atom stereocenters. The topological polar surface area (TPSA) is 38.3 Å². The highest BCUT2D eigenvalue weighted by Crippen LogP contribution is 2.52. The van der Waals surface area contributed by atoms with Crippen molar-refractivity contribution in [2.24, 2.45) is 11.3 Å². The van der Waals surface area contributed by atoms with Gasteiger partial charge < -0.3 is 10.1 Å². The number of benzene rings is 1. The van der Waals surface area contributed by atoms with Crippen molar-refractivity contribution < 1.29 is 9.53 Å². The lowest BCUT2D eigenvalue weighted by atomic mass is 10.1. The summed E-state index contributed by atoms with van der Waals surface area (Å²) in [5.41, 5.74) is 1.83. The summed E-state index contributed by atoms with van der Waals surface area (Å²) in [7, 11) is 0. The molecule has 1 fully saturated rings. The molecule has 3 nitrogen and oxygen atoms in total. The van der Waals surface area contributed by atoms with Crippen molar-refractivity contribution in [3.63, 3.8) is 0 Å². The van der Waals surface area contributed by atoms with Crippen LogP contribution >= 0.6 is 11.6 Å². The Bertz CT molecular complexity index is 485. The predicted octanol–water partition coefficient (Wildman–Crippen LogP) is 3.81. The number of carbonyl (C=O) groups is 1. The van der Waals surface area contributed by atoms with E-state index in [2.05, 4.69) is 19.2 Å². The van der Waals surface area contributed by atoms with Gasteiger partial charge in [-0.25, -0.2) is 0 Å². The summed E-state index contributed by atoms with van der Waals surface area (Å²) in [6, 6.07) is 5.59. The third kappa shape index (κ3) is 3.21. The highest BCUT2D eigenvalue weighted by Gasteiger charge is 2.50. The largest absolute Gasteiger partial charge is 0.494 e. The van der Waals surface area contributed by atoms with E-state index >= 15 is 0 Å². The molecule has 19 heavy (non-hydrogen) atoms. The number of alkyl halides is 1. The molecule has 4 heteroatoms. The van der Waals surface area contributed by atoms with Crippen LogP contribution in [-0.4, -0.2) is 12.5 Å². The van der Waals surface area contributed by atoms with Gasteiger partial charge in [-0.05, 0) is 37.0 Å². The number of rotatable bonds is 5. The molecule has 1 aromatic rings. The van der Waals surface area contributed by atoms with Crippen molar-refractivity contribution in [1.29, 1.82) is 0 Å². The first kappa shape index (κ1) is 14.2. The zero-order valence-corrected chi connectivity index (χ0v) is 12.4. The first-order valence-electron chi connectivity index (χ1n) is 6.60. The highest BCUT2D eigenvalue weighted by molar-refractivity contribution is 6.17. The fourth-order valence-corrected chi connectivity index (χ4v) is 2.41. The first-order valence-corrected chi connectivity index (χ1v) is 7.14. The summed E-state index contributed by atoms with van der Waals surface area (Å²) in [5.74, 6) is 1.36. The maximum Gasteiger partial charge on any atom is 0.228 e. The van der Waals surface area contributed by atoms with Crippen molar-refractivity contribution in [2.45, 2.75) is 33.1 Å². The smallest absolute Gasteiger partial charge is 0.228 e. The molecule has 0 bridgehead atoms. The molecule has 2 rings (SSSR count). The van der Waals surface area contributed by atoms with E-state index in [-0.39, 0.29) is 17.2 Å². The van der Waals surface area contributed by atoms with E-state index < -0.39 is 0 Å². The van der Waals surface area contributed by atoms with Gasteiger partial charge in [0.15, 0.2) is 0 Å². The molecule has 0 aliphatic heterocycles. The number of amides is 1. The average Bonchev–Trinajstić information content (AvgIpc) is 3.01. The van der Waals surface area contributed by atoms with Crippen LogP contribution in [0.1, 0.15) is 32.8 Å². The highest BCUT2D eigenvalue weighted by atomic mass is 35.5. The van der Waals surface area contributed by atoms with Crippen LogP contribution in [0.4, 0.5) is 5.69 Å². The van der Waals surface area contributed by atoms with Crippen LogP contribution in [0, 0.1) is 11.3 Å². The molecule has 0 aromatic heterocycles. The summed E-state index contributed by atoms with van der Waals surface area (Å²) in [5, 5.41) is 2.95. The van der Waals surface area contributed by atoms with Gasteiger partial charge in [0.25, 0.3) is 0 Å². The second-order valence-corrected chi connectivity index (χ2v) is 5.89. The van der Waals surface area contributed by atoms with Gasteiger partial charge in [0.1, 0.15) is 5.75 Å². The van der Waals surface area contributed by atoms with Crippen LogP contribution < -0.4 is 10.1 Å². The van der Waals surface area contributed by atoms with E-state index in [1.165, 1.54) is 0 Å². The predicted molar refractivity (Wildman–Crippen MR) is 77.7 cm³/mol. The summed E-state index contributed by atoms with van der Waals surface area (Å²) < 4.78 is 5.48. The summed E-state index contributed by atoms with van der Waals surface area (Å²) in [6.07, 6.45) is 0.957. The van der Waals surface area contributed by atoms with E-state index in [1.807, 2.05) is 25.1 Å². The molecular weight excluding hydrogens is 262 g/mol. The standard InChI is InChI=1S/C15H20ClNO2/c1-4-19-13-6-5-11(7-10(13)9-16)17-14(18)12-8-15(12,2)3/h5-7,12H,4,8-9H2,1-3H3,(H,17,18). The number of ether oxygens (including phenoxy) is 1. The van der Waals surface area contributed by atoms with Crippen LogP contribution in [0.25, 0.3) is 0 Å². The van der Waals surface area contributed by atoms with Gasteiger partial charge in [-0.1, -0.05) is 13.8 Å². The number of hydrogen-bond acceptors (Lipinski definition) is 2. The Labute approximate surface area is 119 Å². The first-order chi connectivity index (χ1) is 8.97. The lowest BCUT2D eigenvalue weighted by molar-refractivity contribution is -0.118. The zero-order valence-electron chi connectivity index (χ0n) is 11.6. The second kappa shape index (κ2) is 5.41. The Morgan fingerprint density at radius 3 is 2.74 bits per heavy atom. The van der Waals surface area contributed by atoms with Crippen molar-refractivity contribution in [1.82, 2.24) is 0 Å². The molecule has 1 N–H and O–H groups in total. The quantitative estimate of drug-likeness (QED) is 0.834. The molecule has 1 aliphatic carbocycles. The van der Waals surface area contributed by atoms with E-state index in [0.717, 1.165) is 23.4 Å². The van der Waals surface area contributed by atoms with Crippen LogP contribution in [-0.2, 0) is 10.7 Å². The summed E-state index contributed by atoms with van der Waals surface area (Å²) >= 11 is 5.90. The van der Waals surface area contributed by atoms with Crippen molar-refractivity contribution in [3.8, 4) is 5.75 Å². The average molecular weight is 282 g/mol. The second-order valence-electron chi connectivity index (χ2n) is 5.62. The molecule has 104 valence electrons. The molecule has 1 aromatic carbocycles. The lowest BCUT2D eigenvalue weighted by Gasteiger charge is -2.11. The van der Waals surface area contributed by atoms with Crippen molar-refractivity contribution in [3.05, 3.63) is 23.8 Å². The van der Waals surface area contributed by atoms with Crippen LogP contribution in [0.15, 0.2) is 18.2 Å². The van der Waals surface area contributed by atoms with E-state index in [4.69, 9.17) is 16.3 Å². The lowest BCUT2D eigenvalue weighted by Crippen LogP contribution is -2.16. The third-order valence-corrected chi connectivity index (χ3v) is 3.89. The Balaban J connectivity index is 2.07. The third-order valence-electron chi connectivity index (χ3n) is 3.60. The number of hydrogen-bond donors (Lipinski definition) is 1. The number of halogens is 1. The van der Waals surface area contributed by atoms with Gasteiger partial charge in [-0.2, -0.15) is 0 Å². The van der Waals surface area contributed by atoms with Gasteiger partial charge in [-0.3, -0.25) is 4.79 Å². The Morgan fingerprint density at radius 1 is 1.53 bits per heavy atom.